The zero-order valence-electron chi connectivity index (χ0n) is 9.07. The number of hydrogen-bond acceptors (Lipinski definition) is 1. The lowest BCUT2D eigenvalue weighted by Crippen LogP contribution is -2.35. The Balaban J connectivity index is 1.81. The normalized spacial score (nSPS) is 17.1. The quantitative estimate of drug-likeness (QED) is 0.798. The van der Waals surface area contributed by atoms with E-state index < -0.39 is 0 Å². The van der Waals surface area contributed by atoms with Crippen molar-refractivity contribution in [3.05, 3.63) is 35.9 Å². The average molecular weight is 203 g/mol. The van der Waals surface area contributed by atoms with E-state index in [1.807, 2.05) is 18.2 Å². The topological polar surface area (TPSA) is 29.1 Å². The first-order valence-corrected chi connectivity index (χ1v) is 5.60. The van der Waals surface area contributed by atoms with E-state index in [9.17, 15) is 4.79 Å². The van der Waals surface area contributed by atoms with Gasteiger partial charge < -0.3 is 5.32 Å². The molecule has 15 heavy (non-hydrogen) atoms. The van der Waals surface area contributed by atoms with Gasteiger partial charge in [-0.15, -0.1) is 0 Å². The third kappa shape index (κ3) is 3.08. The number of carbonyl (C=O) groups excluding carboxylic acids is 1. The van der Waals surface area contributed by atoms with E-state index in [4.69, 9.17) is 0 Å². The molecule has 1 fully saturated rings. The molecule has 0 heterocycles. The Morgan fingerprint density at radius 2 is 2.07 bits per heavy atom. The lowest BCUT2D eigenvalue weighted by atomic mass is 10.1. The van der Waals surface area contributed by atoms with Crippen LogP contribution in [0.4, 0.5) is 0 Å². The molecule has 80 valence electrons. The van der Waals surface area contributed by atoms with E-state index in [0.717, 1.165) is 19.3 Å². The van der Waals surface area contributed by atoms with Crippen LogP contribution in [0, 0.1) is 5.92 Å². The van der Waals surface area contributed by atoms with Crippen LogP contribution in [0.15, 0.2) is 30.3 Å². The van der Waals surface area contributed by atoms with Gasteiger partial charge in [-0.3, -0.25) is 4.79 Å². The molecule has 1 aliphatic carbocycles. The van der Waals surface area contributed by atoms with Crippen molar-refractivity contribution in [1.82, 2.24) is 5.32 Å². The summed E-state index contributed by atoms with van der Waals surface area (Å²) in [5.74, 6) is 0.543. The van der Waals surface area contributed by atoms with Gasteiger partial charge >= 0.3 is 0 Å². The van der Waals surface area contributed by atoms with Crippen molar-refractivity contribution in [3.8, 4) is 0 Å². The van der Waals surface area contributed by atoms with Gasteiger partial charge in [0.05, 0.1) is 0 Å². The zero-order chi connectivity index (χ0) is 10.7. The fraction of sp³-hybridized carbons (Fsp3) is 0.462. The molecule has 1 saturated carbocycles. The molecule has 1 aromatic rings. The minimum atomic E-state index is 0.235. The molecule has 1 unspecified atom stereocenters. The SMILES string of the molecule is CC(Cc1ccccc1)NC(=O)C1CC1. The Labute approximate surface area is 90.7 Å². The minimum Gasteiger partial charge on any atom is -0.353 e. The molecule has 0 spiro atoms. The second kappa shape index (κ2) is 4.47. The summed E-state index contributed by atoms with van der Waals surface area (Å²) in [4.78, 5) is 11.5. The van der Waals surface area contributed by atoms with Gasteiger partial charge in [0.2, 0.25) is 5.91 Å². The summed E-state index contributed by atoms with van der Waals surface area (Å²) in [6.07, 6.45) is 3.06. The Hall–Kier alpha value is -1.31. The summed E-state index contributed by atoms with van der Waals surface area (Å²) >= 11 is 0. The highest BCUT2D eigenvalue weighted by molar-refractivity contribution is 5.81. The molecular weight excluding hydrogens is 186 g/mol. The van der Waals surface area contributed by atoms with Gasteiger partial charge in [-0.2, -0.15) is 0 Å². The van der Waals surface area contributed by atoms with Crippen LogP contribution >= 0.6 is 0 Å². The smallest absolute Gasteiger partial charge is 0.223 e. The van der Waals surface area contributed by atoms with E-state index in [1.165, 1.54) is 5.56 Å². The van der Waals surface area contributed by atoms with E-state index in [1.54, 1.807) is 0 Å². The molecule has 0 saturated heterocycles. The van der Waals surface area contributed by atoms with Crippen molar-refractivity contribution in [2.24, 2.45) is 5.92 Å². The zero-order valence-corrected chi connectivity index (χ0v) is 9.07. The Kier molecular flexibility index (Phi) is 3.05. The van der Waals surface area contributed by atoms with Crippen molar-refractivity contribution >= 4 is 5.91 Å². The fourth-order valence-electron chi connectivity index (χ4n) is 1.72. The van der Waals surface area contributed by atoms with Gasteiger partial charge in [0.25, 0.3) is 0 Å². The monoisotopic (exact) mass is 203 g/mol. The summed E-state index contributed by atoms with van der Waals surface area (Å²) in [5.41, 5.74) is 1.28. The number of benzene rings is 1. The van der Waals surface area contributed by atoms with Gasteiger partial charge in [-0.1, -0.05) is 30.3 Å². The molecule has 2 nitrogen and oxygen atoms in total. The second-order valence-electron chi connectivity index (χ2n) is 4.37. The molecule has 0 aromatic heterocycles. The Morgan fingerprint density at radius 1 is 1.40 bits per heavy atom. The first-order chi connectivity index (χ1) is 7.25. The highest BCUT2D eigenvalue weighted by atomic mass is 16.2. The standard InChI is InChI=1S/C13H17NO/c1-10(14-13(15)12-7-8-12)9-11-5-3-2-4-6-11/h2-6,10,12H,7-9H2,1H3,(H,14,15). The van der Waals surface area contributed by atoms with Crippen LogP contribution in [0.2, 0.25) is 0 Å². The van der Waals surface area contributed by atoms with Crippen LogP contribution in [-0.4, -0.2) is 11.9 Å². The lowest BCUT2D eigenvalue weighted by molar-refractivity contribution is -0.122. The third-order valence-electron chi connectivity index (χ3n) is 2.72. The van der Waals surface area contributed by atoms with E-state index in [0.29, 0.717) is 5.92 Å². The molecule has 2 heteroatoms. The van der Waals surface area contributed by atoms with Crippen molar-refractivity contribution in [2.75, 3.05) is 0 Å². The maximum atomic E-state index is 11.5. The molecule has 0 bridgehead atoms. The highest BCUT2D eigenvalue weighted by Gasteiger charge is 2.30. The van der Waals surface area contributed by atoms with Gasteiger partial charge in [0.1, 0.15) is 0 Å². The van der Waals surface area contributed by atoms with Crippen LogP contribution in [0.1, 0.15) is 25.3 Å². The predicted octanol–water partition coefficient (Wildman–Crippen LogP) is 2.14. The van der Waals surface area contributed by atoms with Gasteiger partial charge in [-0.05, 0) is 31.7 Å². The lowest BCUT2D eigenvalue weighted by Gasteiger charge is -2.13. The number of rotatable bonds is 4. The first-order valence-electron chi connectivity index (χ1n) is 5.60. The van der Waals surface area contributed by atoms with Crippen LogP contribution < -0.4 is 5.32 Å². The number of nitrogens with one attached hydrogen (secondary N) is 1. The molecule has 1 amide bonds. The Morgan fingerprint density at radius 3 is 2.67 bits per heavy atom. The summed E-state index contributed by atoms with van der Waals surface area (Å²) in [6.45, 7) is 2.06. The fourth-order valence-corrected chi connectivity index (χ4v) is 1.72. The van der Waals surface area contributed by atoms with Crippen LogP contribution in [0.5, 0.6) is 0 Å². The summed E-state index contributed by atoms with van der Waals surface area (Å²) in [5, 5.41) is 3.05. The van der Waals surface area contributed by atoms with Gasteiger partial charge in [-0.25, -0.2) is 0 Å². The Bertz CT molecular complexity index is 330. The average Bonchev–Trinajstić information content (AvgIpc) is 3.01. The van der Waals surface area contributed by atoms with Crippen molar-refractivity contribution in [1.29, 1.82) is 0 Å². The van der Waals surface area contributed by atoms with Crippen molar-refractivity contribution < 1.29 is 4.79 Å². The molecule has 1 N–H and O–H groups in total. The number of carbonyl (C=O) groups is 1. The highest BCUT2D eigenvalue weighted by Crippen LogP contribution is 2.28. The van der Waals surface area contributed by atoms with Gasteiger partial charge in [0.15, 0.2) is 0 Å². The molecule has 1 aliphatic rings. The van der Waals surface area contributed by atoms with E-state index >= 15 is 0 Å². The molecule has 0 radical (unpaired) electrons. The summed E-state index contributed by atoms with van der Waals surface area (Å²) < 4.78 is 0. The van der Waals surface area contributed by atoms with Crippen molar-refractivity contribution in [3.63, 3.8) is 0 Å². The maximum Gasteiger partial charge on any atom is 0.223 e. The first kappa shape index (κ1) is 10.2. The third-order valence-corrected chi connectivity index (χ3v) is 2.72. The molecule has 1 atom stereocenters. The van der Waals surface area contributed by atoms with Crippen LogP contribution in [0.25, 0.3) is 0 Å². The number of amides is 1. The largest absolute Gasteiger partial charge is 0.353 e. The maximum absolute atomic E-state index is 11.5. The van der Waals surface area contributed by atoms with Crippen LogP contribution in [-0.2, 0) is 11.2 Å². The van der Waals surface area contributed by atoms with Crippen molar-refractivity contribution in [2.45, 2.75) is 32.2 Å². The molecule has 2 rings (SSSR count). The predicted molar refractivity (Wildman–Crippen MR) is 60.5 cm³/mol. The van der Waals surface area contributed by atoms with Crippen LogP contribution in [0.3, 0.4) is 0 Å². The summed E-state index contributed by atoms with van der Waals surface area (Å²) in [7, 11) is 0. The summed E-state index contributed by atoms with van der Waals surface area (Å²) in [6, 6.07) is 10.5. The molecular formula is C13H17NO. The van der Waals surface area contributed by atoms with E-state index in [-0.39, 0.29) is 11.9 Å². The van der Waals surface area contributed by atoms with Gasteiger partial charge in [0, 0.05) is 12.0 Å². The number of hydrogen-bond donors (Lipinski definition) is 1. The molecule has 0 aliphatic heterocycles. The minimum absolute atomic E-state index is 0.235. The molecule has 1 aromatic carbocycles. The van der Waals surface area contributed by atoms with E-state index in [2.05, 4.69) is 24.4 Å². The second-order valence-corrected chi connectivity index (χ2v) is 4.37.